The molecule has 2 rings (SSSR count). The molecule has 1 heterocycles. The van der Waals surface area contributed by atoms with E-state index >= 15 is 0 Å². The summed E-state index contributed by atoms with van der Waals surface area (Å²) in [6, 6.07) is 10.6. The molecule has 2 atom stereocenters. The summed E-state index contributed by atoms with van der Waals surface area (Å²) in [6.07, 6.45) is 3.59. The average Bonchev–Trinajstić information content (AvgIpc) is 2.71. The number of ether oxygens (including phenoxy) is 1. The minimum atomic E-state index is -0.128. The van der Waals surface area contributed by atoms with Crippen molar-refractivity contribution >= 4 is 0 Å². The molecule has 2 unspecified atom stereocenters. The van der Waals surface area contributed by atoms with Crippen molar-refractivity contribution in [2.24, 2.45) is 0 Å². The van der Waals surface area contributed by atoms with Crippen molar-refractivity contribution in [3.8, 4) is 0 Å². The fourth-order valence-corrected chi connectivity index (χ4v) is 2.18. The van der Waals surface area contributed by atoms with Crippen LogP contribution in [0, 0.1) is 0 Å². The molecule has 1 fully saturated rings. The van der Waals surface area contributed by atoms with Crippen LogP contribution in [-0.4, -0.2) is 18.4 Å². The van der Waals surface area contributed by atoms with Crippen LogP contribution in [0.25, 0.3) is 0 Å². The van der Waals surface area contributed by atoms with Gasteiger partial charge in [-0.1, -0.05) is 37.3 Å². The molecule has 88 valence electrons. The molecule has 2 heteroatoms. The van der Waals surface area contributed by atoms with Gasteiger partial charge in [-0.2, -0.15) is 0 Å². The molecule has 0 amide bonds. The van der Waals surface area contributed by atoms with Gasteiger partial charge in [-0.05, 0) is 31.7 Å². The SMILES string of the molecule is CCC1CNC(C)(CCc2ccccc2)O1. The predicted octanol–water partition coefficient (Wildman–Crippen LogP) is 2.73. The quantitative estimate of drug-likeness (QED) is 0.840. The van der Waals surface area contributed by atoms with E-state index in [1.165, 1.54) is 5.56 Å². The number of rotatable bonds is 4. The number of benzene rings is 1. The molecule has 1 N–H and O–H groups in total. The lowest BCUT2D eigenvalue weighted by Crippen LogP contribution is -2.38. The van der Waals surface area contributed by atoms with Gasteiger partial charge in [0.15, 0.2) is 0 Å². The van der Waals surface area contributed by atoms with E-state index in [-0.39, 0.29) is 5.72 Å². The lowest BCUT2D eigenvalue weighted by atomic mass is 10.0. The molecule has 0 bridgehead atoms. The van der Waals surface area contributed by atoms with E-state index in [4.69, 9.17) is 4.74 Å². The maximum Gasteiger partial charge on any atom is 0.117 e. The minimum Gasteiger partial charge on any atom is -0.356 e. The Morgan fingerprint density at radius 3 is 2.75 bits per heavy atom. The Hall–Kier alpha value is -0.860. The first-order valence-electron chi connectivity index (χ1n) is 6.18. The van der Waals surface area contributed by atoms with Gasteiger partial charge in [0.25, 0.3) is 0 Å². The largest absolute Gasteiger partial charge is 0.356 e. The summed E-state index contributed by atoms with van der Waals surface area (Å²) < 4.78 is 6.01. The molecule has 1 aliphatic rings. The molecule has 0 aliphatic carbocycles. The third-order valence-electron chi connectivity index (χ3n) is 3.32. The fourth-order valence-electron chi connectivity index (χ4n) is 2.18. The van der Waals surface area contributed by atoms with Crippen molar-refractivity contribution in [2.75, 3.05) is 6.54 Å². The molecule has 16 heavy (non-hydrogen) atoms. The Labute approximate surface area is 98.0 Å². The molecular formula is C14H21NO. The van der Waals surface area contributed by atoms with Gasteiger partial charge in [0.05, 0.1) is 6.10 Å². The average molecular weight is 219 g/mol. The zero-order chi connectivity index (χ0) is 11.4. The van der Waals surface area contributed by atoms with Crippen LogP contribution in [0.3, 0.4) is 0 Å². The maximum atomic E-state index is 6.01. The van der Waals surface area contributed by atoms with Crippen LogP contribution >= 0.6 is 0 Å². The standard InChI is InChI=1S/C14H21NO/c1-3-13-11-15-14(2,16-13)10-9-12-7-5-4-6-8-12/h4-8,13,15H,3,9-11H2,1-2H3. The Balaban J connectivity index is 1.86. The molecule has 1 aromatic rings. The molecule has 0 aromatic heterocycles. The first-order valence-corrected chi connectivity index (χ1v) is 6.18. The van der Waals surface area contributed by atoms with E-state index in [0.29, 0.717) is 6.10 Å². The highest BCUT2D eigenvalue weighted by atomic mass is 16.5. The predicted molar refractivity (Wildman–Crippen MR) is 66.3 cm³/mol. The Morgan fingerprint density at radius 1 is 1.38 bits per heavy atom. The molecular weight excluding hydrogens is 198 g/mol. The zero-order valence-corrected chi connectivity index (χ0v) is 10.2. The zero-order valence-electron chi connectivity index (χ0n) is 10.2. The monoisotopic (exact) mass is 219 g/mol. The van der Waals surface area contributed by atoms with Crippen LogP contribution in [0.1, 0.15) is 32.3 Å². The van der Waals surface area contributed by atoms with Crippen LogP contribution < -0.4 is 5.32 Å². The number of aryl methyl sites for hydroxylation is 1. The second-order valence-corrected chi connectivity index (χ2v) is 4.75. The van der Waals surface area contributed by atoms with Gasteiger partial charge < -0.3 is 4.74 Å². The summed E-state index contributed by atoms with van der Waals surface area (Å²) in [5.74, 6) is 0. The third kappa shape index (κ3) is 2.83. The van der Waals surface area contributed by atoms with Gasteiger partial charge in [0, 0.05) is 6.54 Å². The fraction of sp³-hybridized carbons (Fsp3) is 0.571. The first kappa shape index (κ1) is 11.6. The highest BCUT2D eigenvalue weighted by Crippen LogP contribution is 2.23. The molecule has 0 radical (unpaired) electrons. The summed E-state index contributed by atoms with van der Waals surface area (Å²) in [5, 5.41) is 3.48. The molecule has 1 aromatic carbocycles. The van der Waals surface area contributed by atoms with Crippen LogP contribution in [0.15, 0.2) is 30.3 Å². The van der Waals surface area contributed by atoms with Crippen LogP contribution in [0.4, 0.5) is 0 Å². The van der Waals surface area contributed by atoms with Crippen molar-refractivity contribution in [3.05, 3.63) is 35.9 Å². The van der Waals surface area contributed by atoms with Gasteiger partial charge >= 0.3 is 0 Å². The molecule has 0 saturated carbocycles. The third-order valence-corrected chi connectivity index (χ3v) is 3.32. The summed E-state index contributed by atoms with van der Waals surface area (Å²) in [6.45, 7) is 5.32. The highest BCUT2D eigenvalue weighted by Gasteiger charge is 2.33. The van der Waals surface area contributed by atoms with Crippen LogP contribution in [0.5, 0.6) is 0 Å². The smallest absolute Gasteiger partial charge is 0.117 e. The van der Waals surface area contributed by atoms with E-state index in [1.54, 1.807) is 0 Å². The van der Waals surface area contributed by atoms with Crippen LogP contribution in [0.2, 0.25) is 0 Å². The van der Waals surface area contributed by atoms with Gasteiger partial charge in [-0.25, -0.2) is 0 Å². The first-order chi connectivity index (χ1) is 7.72. The van der Waals surface area contributed by atoms with Crippen molar-refractivity contribution in [1.82, 2.24) is 5.32 Å². The molecule has 0 spiro atoms. The normalized spacial score (nSPS) is 29.5. The van der Waals surface area contributed by atoms with Gasteiger partial charge in [0.1, 0.15) is 5.72 Å². The number of hydrogen-bond acceptors (Lipinski definition) is 2. The second kappa shape index (κ2) is 4.98. The van der Waals surface area contributed by atoms with E-state index in [1.807, 2.05) is 0 Å². The van der Waals surface area contributed by atoms with Gasteiger partial charge in [-0.3, -0.25) is 5.32 Å². The summed E-state index contributed by atoms with van der Waals surface area (Å²) in [4.78, 5) is 0. The second-order valence-electron chi connectivity index (χ2n) is 4.75. The lowest BCUT2D eigenvalue weighted by Gasteiger charge is -2.24. The van der Waals surface area contributed by atoms with E-state index < -0.39 is 0 Å². The van der Waals surface area contributed by atoms with Crippen molar-refractivity contribution in [3.63, 3.8) is 0 Å². The van der Waals surface area contributed by atoms with Crippen molar-refractivity contribution < 1.29 is 4.74 Å². The highest BCUT2D eigenvalue weighted by molar-refractivity contribution is 5.15. The summed E-state index contributed by atoms with van der Waals surface area (Å²) in [5.41, 5.74) is 1.25. The molecule has 1 saturated heterocycles. The molecule has 2 nitrogen and oxygen atoms in total. The minimum absolute atomic E-state index is 0.128. The maximum absolute atomic E-state index is 6.01. The topological polar surface area (TPSA) is 21.3 Å². The summed E-state index contributed by atoms with van der Waals surface area (Å²) in [7, 11) is 0. The molecule has 1 aliphatic heterocycles. The number of hydrogen-bond donors (Lipinski definition) is 1. The Morgan fingerprint density at radius 2 is 2.12 bits per heavy atom. The van der Waals surface area contributed by atoms with Gasteiger partial charge in [-0.15, -0.1) is 0 Å². The van der Waals surface area contributed by atoms with Crippen molar-refractivity contribution in [1.29, 1.82) is 0 Å². The van der Waals surface area contributed by atoms with E-state index in [9.17, 15) is 0 Å². The van der Waals surface area contributed by atoms with E-state index in [0.717, 1.165) is 25.8 Å². The lowest BCUT2D eigenvalue weighted by molar-refractivity contribution is -0.0428. The van der Waals surface area contributed by atoms with Gasteiger partial charge in [0.2, 0.25) is 0 Å². The van der Waals surface area contributed by atoms with Crippen LogP contribution in [-0.2, 0) is 11.2 Å². The van der Waals surface area contributed by atoms with E-state index in [2.05, 4.69) is 49.5 Å². The number of nitrogens with one attached hydrogen (secondary N) is 1. The Bertz CT molecular complexity index is 325. The Kier molecular flexibility index (Phi) is 3.62. The van der Waals surface area contributed by atoms with Crippen molar-refractivity contribution in [2.45, 2.75) is 44.9 Å². The summed E-state index contributed by atoms with van der Waals surface area (Å²) >= 11 is 0.